The lowest BCUT2D eigenvalue weighted by molar-refractivity contribution is -0.120. The number of likely N-dealkylation sites (N-methyl/N-ethyl adjacent to an activating group) is 1. The summed E-state index contributed by atoms with van der Waals surface area (Å²) in [5.74, 6) is -0.105. The number of carbonyl (C=O) groups excluding carboxylic acids is 1. The number of hydrogen-bond donors (Lipinski definition) is 3. The van der Waals surface area contributed by atoms with Gasteiger partial charge in [-0.15, -0.1) is 0 Å². The van der Waals surface area contributed by atoms with Crippen molar-refractivity contribution >= 4 is 38.6 Å². The van der Waals surface area contributed by atoms with Gasteiger partial charge in [-0.1, -0.05) is 34.1 Å². The van der Waals surface area contributed by atoms with Crippen LogP contribution in [0.1, 0.15) is 12.5 Å². The minimum atomic E-state index is -0.312. The van der Waals surface area contributed by atoms with Crippen molar-refractivity contribution in [2.75, 3.05) is 12.4 Å². The van der Waals surface area contributed by atoms with Crippen molar-refractivity contribution in [2.24, 2.45) is 0 Å². The topological polar surface area (TPSA) is 81.0 Å². The minimum absolute atomic E-state index is 0.105. The summed E-state index contributed by atoms with van der Waals surface area (Å²) in [7, 11) is 1.91. The number of carbonyl (C=O) groups is 1. The molecule has 3 N–H and O–H groups in total. The van der Waals surface area contributed by atoms with E-state index in [4.69, 9.17) is 0 Å². The lowest BCUT2D eigenvalue weighted by atomic mass is 10.2. The summed E-state index contributed by atoms with van der Waals surface area (Å²) in [5.41, 5.74) is 2.88. The van der Waals surface area contributed by atoms with Gasteiger partial charge in [0.05, 0.1) is 17.1 Å². The highest BCUT2D eigenvalue weighted by Crippen LogP contribution is 2.19. The number of fused-ring (bicyclic) bond motifs is 1. The van der Waals surface area contributed by atoms with Crippen LogP contribution in [0.5, 0.6) is 0 Å². The maximum Gasteiger partial charge on any atom is 0.323 e. The molecule has 0 aliphatic heterocycles. The quantitative estimate of drug-likeness (QED) is 0.613. The fourth-order valence-electron chi connectivity index (χ4n) is 2.59. The van der Waals surface area contributed by atoms with Crippen LogP contribution in [0.3, 0.4) is 0 Å². The fraction of sp³-hybridized carbons (Fsp3) is 0.222. The third kappa shape index (κ3) is 4.00. The summed E-state index contributed by atoms with van der Waals surface area (Å²) in [6, 6.07) is 12.9. The van der Waals surface area contributed by atoms with Gasteiger partial charge in [-0.3, -0.25) is 9.69 Å². The van der Waals surface area contributed by atoms with Gasteiger partial charge in [0.15, 0.2) is 0 Å². The predicted molar refractivity (Wildman–Crippen MR) is 103 cm³/mol. The van der Waals surface area contributed by atoms with Gasteiger partial charge in [-0.25, -0.2) is 4.79 Å². The lowest BCUT2D eigenvalue weighted by Gasteiger charge is -2.24. The van der Waals surface area contributed by atoms with Gasteiger partial charge >= 0.3 is 5.69 Å². The number of amides is 1. The number of nitrogens with zero attached hydrogens (tertiary/aromatic N) is 1. The van der Waals surface area contributed by atoms with Crippen LogP contribution in [-0.4, -0.2) is 33.9 Å². The van der Waals surface area contributed by atoms with Gasteiger partial charge < -0.3 is 15.3 Å². The van der Waals surface area contributed by atoms with Crippen LogP contribution in [-0.2, 0) is 11.3 Å². The van der Waals surface area contributed by atoms with Crippen LogP contribution in [0.15, 0.2) is 51.7 Å². The molecule has 130 valence electrons. The Morgan fingerprint density at radius 2 is 1.92 bits per heavy atom. The van der Waals surface area contributed by atoms with E-state index in [9.17, 15) is 9.59 Å². The number of aromatic amines is 2. The van der Waals surface area contributed by atoms with E-state index in [1.165, 1.54) is 0 Å². The summed E-state index contributed by atoms with van der Waals surface area (Å²) in [5, 5.41) is 2.90. The number of aromatic nitrogens is 2. The summed E-state index contributed by atoms with van der Waals surface area (Å²) in [6.07, 6.45) is 0. The first-order chi connectivity index (χ1) is 11.9. The van der Waals surface area contributed by atoms with Gasteiger partial charge in [0.2, 0.25) is 5.91 Å². The van der Waals surface area contributed by atoms with E-state index in [-0.39, 0.29) is 17.6 Å². The zero-order valence-corrected chi connectivity index (χ0v) is 15.6. The Morgan fingerprint density at radius 3 is 2.68 bits per heavy atom. The highest BCUT2D eigenvalue weighted by atomic mass is 79.9. The zero-order valence-electron chi connectivity index (χ0n) is 14.0. The Balaban J connectivity index is 1.68. The third-order valence-electron chi connectivity index (χ3n) is 4.20. The normalized spacial score (nSPS) is 12.5. The molecule has 0 fully saturated rings. The number of anilines is 1. The molecule has 0 bridgehead atoms. The van der Waals surface area contributed by atoms with Crippen molar-refractivity contribution in [1.82, 2.24) is 14.9 Å². The molecule has 0 saturated heterocycles. The predicted octanol–water partition coefficient (Wildman–Crippen LogP) is 3.08. The molecular weight excluding hydrogens is 384 g/mol. The van der Waals surface area contributed by atoms with Gasteiger partial charge in [-0.2, -0.15) is 0 Å². The first-order valence-electron chi connectivity index (χ1n) is 7.90. The molecule has 1 heterocycles. The van der Waals surface area contributed by atoms with E-state index in [0.29, 0.717) is 23.3 Å². The molecule has 1 aromatic heterocycles. The average Bonchev–Trinajstić information content (AvgIpc) is 2.95. The number of nitrogens with one attached hydrogen (secondary N) is 3. The SMILES string of the molecule is C[C@H](C(=O)Nc1ccc2[nH]c(=O)[nH]c2c1)N(C)Cc1ccccc1Br. The maximum atomic E-state index is 12.5. The monoisotopic (exact) mass is 402 g/mol. The largest absolute Gasteiger partial charge is 0.325 e. The lowest BCUT2D eigenvalue weighted by Crippen LogP contribution is -2.39. The Bertz CT molecular complexity index is 963. The third-order valence-corrected chi connectivity index (χ3v) is 4.98. The second kappa shape index (κ2) is 7.25. The second-order valence-electron chi connectivity index (χ2n) is 6.01. The van der Waals surface area contributed by atoms with E-state index in [1.807, 2.05) is 43.1 Å². The number of H-pyrrole nitrogens is 2. The number of rotatable bonds is 5. The van der Waals surface area contributed by atoms with Gasteiger partial charge in [0.1, 0.15) is 0 Å². The molecule has 25 heavy (non-hydrogen) atoms. The molecule has 7 heteroatoms. The van der Waals surface area contributed by atoms with Crippen LogP contribution in [0.25, 0.3) is 11.0 Å². The van der Waals surface area contributed by atoms with E-state index in [0.717, 1.165) is 10.0 Å². The molecule has 3 aromatic rings. The van der Waals surface area contributed by atoms with Gasteiger partial charge in [0, 0.05) is 16.7 Å². The van der Waals surface area contributed by atoms with Crippen molar-refractivity contribution in [2.45, 2.75) is 19.5 Å². The molecule has 3 rings (SSSR count). The highest BCUT2D eigenvalue weighted by Gasteiger charge is 2.19. The molecule has 0 radical (unpaired) electrons. The van der Waals surface area contributed by atoms with E-state index >= 15 is 0 Å². The molecule has 0 saturated carbocycles. The Morgan fingerprint density at radius 1 is 1.20 bits per heavy atom. The molecule has 6 nitrogen and oxygen atoms in total. The second-order valence-corrected chi connectivity index (χ2v) is 6.87. The average molecular weight is 403 g/mol. The Kier molecular flexibility index (Phi) is 5.06. The fourth-order valence-corrected chi connectivity index (χ4v) is 3.00. The van der Waals surface area contributed by atoms with Crippen molar-refractivity contribution in [3.63, 3.8) is 0 Å². The van der Waals surface area contributed by atoms with Crippen molar-refractivity contribution in [3.8, 4) is 0 Å². The number of benzene rings is 2. The molecule has 1 amide bonds. The smallest absolute Gasteiger partial charge is 0.323 e. The highest BCUT2D eigenvalue weighted by molar-refractivity contribution is 9.10. The van der Waals surface area contributed by atoms with Crippen LogP contribution in [0.4, 0.5) is 5.69 Å². The standard InChI is InChI=1S/C18H19BrN4O2/c1-11(23(2)10-12-5-3-4-6-14(12)19)17(24)20-13-7-8-15-16(9-13)22-18(25)21-15/h3-9,11H,10H2,1-2H3,(H,20,24)(H2,21,22,25)/t11-/m1/s1. The van der Waals surface area contributed by atoms with Crippen molar-refractivity contribution < 1.29 is 4.79 Å². The Hall–Kier alpha value is -2.38. The first kappa shape index (κ1) is 17.4. The molecule has 2 aromatic carbocycles. The Labute approximate surface area is 153 Å². The van der Waals surface area contributed by atoms with Crippen molar-refractivity contribution in [3.05, 3.63) is 63.0 Å². The van der Waals surface area contributed by atoms with Crippen molar-refractivity contribution in [1.29, 1.82) is 0 Å². The molecule has 1 atom stereocenters. The van der Waals surface area contributed by atoms with Crippen LogP contribution >= 0.6 is 15.9 Å². The van der Waals surface area contributed by atoms with Gasteiger partial charge in [0.25, 0.3) is 0 Å². The summed E-state index contributed by atoms with van der Waals surface area (Å²) < 4.78 is 1.02. The first-order valence-corrected chi connectivity index (χ1v) is 8.70. The number of halogens is 1. The van der Waals surface area contributed by atoms with Crippen LogP contribution < -0.4 is 11.0 Å². The number of imidazole rings is 1. The summed E-state index contributed by atoms with van der Waals surface area (Å²) >= 11 is 3.53. The molecule has 0 aliphatic rings. The van der Waals surface area contributed by atoms with E-state index in [1.54, 1.807) is 18.2 Å². The summed E-state index contributed by atoms with van der Waals surface area (Å²) in [6.45, 7) is 2.52. The summed E-state index contributed by atoms with van der Waals surface area (Å²) in [4.78, 5) is 31.2. The molecule has 0 spiro atoms. The molecule has 0 aliphatic carbocycles. The molecular formula is C18H19BrN4O2. The van der Waals surface area contributed by atoms with Gasteiger partial charge in [-0.05, 0) is 43.8 Å². The number of hydrogen-bond acceptors (Lipinski definition) is 3. The maximum absolute atomic E-state index is 12.5. The molecule has 0 unspecified atom stereocenters. The van der Waals surface area contributed by atoms with Crippen LogP contribution in [0.2, 0.25) is 0 Å². The van der Waals surface area contributed by atoms with E-state index < -0.39 is 0 Å². The zero-order chi connectivity index (χ0) is 18.0. The minimum Gasteiger partial charge on any atom is -0.325 e. The van der Waals surface area contributed by atoms with Crippen LogP contribution in [0, 0.1) is 0 Å². The van der Waals surface area contributed by atoms with E-state index in [2.05, 4.69) is 31.2 Å².